The summed E-state index contributed by atoms with van der Waals surface area (Å²) in [5, 5.41) is 8.79. The Morgan fingerprint density at radius 2 is 1.87 bits per heavy atom. The summed E-state index contributed by atoms with van der Waals surface area (Å²) in [7, 11) is 1.62. The number of nitrogens with zero attached hydrogens (tertiary/aromatic N) is 3. The van der Waals surface area contributed by atoms with Gasteiger partial charge >= 0.3 is 6.01 Å². The van der Waals surface area contributed by atoms with E-state index in [1.165, 1.54) is 0 Å². The summed E-state index contributed by atoms with van der Waals surface area (Å²) in [5.74, 6) is 1.06. The Morgan fingerprint density at radius 3 is 2.57 bits per heavy atom. The summed E-state index contributed by atoms with van der Waals surface area (Å²) in [6.45, 7) is 0. The fourth-order valence-corrected chi connectivity index (χ4v) is 2.35. The SMILES string of the molecule is COc1ccc(/C=N/c2nnc(-c3ccc(Cl)cc3Cl)o2)cc1. The van der Waals surface area contributed by atoms with Gasteiger partial charge in [-0.3, -0.25) is 0 Å². The standard InChI is InChI=1S/C16H11Cl2N3O2/c1-22-12-5-2-10(3-6-12)9-19-16-21-20-15(23-16)13-7-4-11(17)8-14(13)18/h2-9H,1H3/b19-9+. The maximum atomic E-state index is 6.11. The molecule has 2 aromatic carbocycles. The highest BCUT2D eigenvalue weighted by Gasteiger charge is 2.11. The van der Waals surface area contributed by atoms with E-state index in [-0.39, 0.29) is 11.9 Å². The highest BCUT2D eigenvalue weighted by atomic mass is 35.5. The molecule has 0 amide bonds. The van der Waals surface area contributed by atoms with Crippen molar-refractivity contribution < 1.29 is 9.15 Å². The average Bonchev–Trinajstić information content (AvgIpc) is 3.02. The van der Waals surface area contributed by atoms with Crippen LogP contribution in [0.15, 0.2) is 51.9 Å². The minimum absolute atomic E-state index is 0.141. The molecule has 0 saturated heterocycles. The van der Waals surface area contributed by atoms with Crippen molar-refractivity contribution in [2.24, 2.45) is 4.99 Å². The molecule has 0 radical (unpaired) electrons. The molecule has 5 nitrogen and oxygen atoms in total. The molecule has 0 spiro atoms. The van der Waals surface area contributed by atoms with Gasteiger partial charge in [0.2, 0.25) is 0 Å². The Balaban J connectivity index is 1.79. The van der Waals surface area contributed by atoms with E-state index in [1.807, 2.05) is 24.3 Å². The predicted octanol–water partition coefficient (Wildman–Crippen LogP) is 4.80. The van der Waals surface area contributed by atoms with Gasteiger partial charge in [-0.1, -0.05) is 28.3 Å². The molecule has 0 atom stereocenters. The lowest BCUT2D eigenvalue weighted by molar-refractivity contribution is 0.415. The van der Waals surface area contributed by atoms with E-state index in [0.717, 1.165) is 11.3 Å². The maximum Gasteiger partial charge on any atom is 0.342 e. The highest BCUT2D eigenvalue weighted by molar-refractivity contribution is 6.36. The predicted molar refractivity (Wildman–Crippen MR) is 90.0 cm³/mol. The van der Waals surface area contributed by atoms with Gasteiger partial charge in [0.25, 0.3) is 5.89 Å². The molecule has 0 saturated carbocycles. The van der Waals surface area contributed by atoms with E-state index in [1.54, 1.807) is 31.5 Å². The fraction of sp³-hybridized carbons (Fsp3) is 0.0625. The van der Waals surface area contributed by atoms with Gasteiger partial charge in [-0.15, -0.1) is 5.10 Å². The summed E-state index contributed by atoms with van der Waals surface area (Å²) in [6.07, 6.45) is 1.63. The highest BCUT2D eigenvalue weighted by Crippen LogP contribution is 2.30. The molecule has 23 heavy (non-hydrogen) atoms. The molecule has 0 aliphatic heterocycles. The van der Waals surface area contributed by atoms with Crippen LogP contribution in [0.2, 0.25) is 10.0 Å². The largest absolute Gasteiger partial charge is 0.497 e. The Kier molecular flexibility index (Phi) is 4.60. The molecule has 3 rings (SSSR count). The van der Waals surface area contributed by atoms with E-state index in [2.05, 4.69) is 15.2 Å². The Morgan fingerprint density at radius 1 is 1.09 bits per heavy atom. The second kappa shape index (κ2) is 6.81. The van der Waals surface area contributed by atoms with Crippen molar-refractivity contribution in [1.29, 1.82) is 0 Å². The van der Waals surface area contributed by atoms with Crippen LogP contribution in [0.4, 0.5) is 6.01 Å². The van der Waals surface area contributed by atoms with Crippen LogP contribution < -0.4 is 4.74 Å². The number of hydrogen-bond acceptors (Lipinski definition) is 5. The Hall–Kier alpha value is -2.37. The normalized spacial score (nSPS) is 11.1. The number of benzene rings is 2. The third-order valence-electron chi connectivity index (χ3n) is 3.02. The molecule has 7 heteroatoms. The molecule has 0 bridgehead atoms. The second-order valence-corrected chi connectivity index (χ2v) is 5.39. The van der Waals surface area contributed by atoms with Crippen molar-refractivity contribution in [2.45, 2.75) is 0 Å². The third-order valence-corrected chi connectivity index (χ3v) is 3.56. The lowest BCUT2D eigenvalue weighted by Crippen LogP contribution is -1.84. The molecular weight excluding hydrogens is 337 g/mol. The van der Waals surface area contributed by atoms with Crippen LogP contribution in [0, 0.1) is 0 Å². The van der Waals surface area contributed by atoms with Crippen LogP contribution in [0.3, 0.4) is 0 Å². The molecule has 0 unspecified atom stereocenters. The van der Waals surface area contributed by atoms with Gasteiger partial charge < -0.3 is 9.15 Å². The third kappa shape index (κ3) is 3.70. The summed E-state index contributed by atoms with van der Waals surface area (Å²) in [6, 6.07) is 12.6. The summed E-state index contributed by atoms with van der Waals surface area (Å²) >= 11 is 12.0. The maximum absolute atomic E-state index is 6.11. The van der Waals surface area contributed by atoms with Gasteiger partial charge in [0, 0.05) is 11.2 Å². The minimum atomic E-state index is 0.141. The van der Waals surface area contributed by atoms with E-state index in [9.17, 15) is 0 Å². The van der Waals surface area contributed by atoms with Crippen LogP contribution in [-0.4, -0.2) is 23.5 Å². The zero-order valence-corrected chi connectivity index (χ0v) is 13.5. The van der Waals surface area contributed by atoms with E-state index >= 15 is 0 Å². The minimum Gasteiger partial charge on any atom is -0.497 e. The number of aromatic nitrogens is 2. The number of methoxy groups -OCH3 is 1. The monoisotopic (exact) mass is 347 g/mol. The molecule has 0 fully saturated rings. The topological polar surface area (TPSA) is 60.5 Å². The van der Waals surface area contributed by atoms with Crippen molar-refractivity contribution in [3.63, 3.8) is 0 Å². The number of hydrogen-bond donors (Lipinski definition) is 0. The van der Waals surface area contributed by atoms with Gasteiger partial charge in [-0.05, 0) is 48.0 Å². The van der Waals surface area contributed by atoms with Gasteiger partial charge in [0.15, 0.2) is 0 Å². The zero-order valence-electron chi connectivity index (χ0n) is 12.0. The number of halogens is 2. The molecule has 116 valence electrons. The first-order valence-corrected chi connectivity index (χ1v) is 7.38. The van der Waals surface area contributed by atoms with Gasteiger partial charge in [0.1, 0.15) is 5.75 Å². The lowest BCUT2D eigenvalue weighted by Gasteiger charge is -1.98. The quantitative estimate of drug-likeness (QED) is 0.635. The van der Waals surface area contributed by atoms with Crippen LogP contribution in [0.1, 0.15) is 5.56 Å². The molecule has 3 aromatic rings. The van der Waals surface area contributed by atoms with Crippen molar-refractivity contribution in [3.8, 4) is 17.2 Å². The van der Waals surface area contributed by atoms with E-state index in [4.69, 9.17) is 32.4 Å². The van der Waals surface area contributed by atoms with Crippen molar-refractivity contribution in [3.05, 3.63) is 58.1 Å². The van der Waals surface area contributed by atoms with Crippen LogP contribution in [0.5, 0.6) is 5.75 Å². The zero-order chi connectivity index (χ0) is 16.2. The van der Waals surface area contributed by atoms with Crippen molar-refractivity contribution in [1.82, 2.24) is 10.2 Å². The molecule has 0 N–H and O–H groups in total. The summed E-state index contributed by atoms with van der Waals surface area (Å²) < 4.78 is 10.6. The molecule has 0 aliphatic carbocycles. The first-order chi connectivity index (χ1) is 11.2. The van der Waals surface area contributed by atoms with Crippen molar-refractivity contribution >= 4 is 35.4 Å². The van der Waals surface area contributed by atoms with Gasteiger partial charge in [0.05, 0.1) is 17.7 Å². The lowest BCUT2D eigenvalue weighted by atomic mass is 10.2. The summed E-state index contributed by atoms with van der Waals surface area (Å²) in [4.78, 5) is 4.15. The molecular formula is C16H11Cl2N3O2. The van der Waals surface area contributed by atoms with Gasteiger partial charge in [-0.25, -0.2) is 4.99 Å². The van der Waals surface area contributed by atoms with Crippen LogP contribution in [0.25, 0.3) is 11.5 Å². The smallest absolute Gasteiger partial charge is 0.342 e. The van der Waals surface area contributed by atoms with Crippen LogP contribution in [-0.2, 0) is 0 Å². The molecule has 1 heterocycles. The van der Waals surface area contributed by atoms with Crippen molar-refractivity contribution in [2.75, 3.05) is 7.11 Å². The molecule has 1 aromatic heterocycles. The average molecular weight is 348 g/mol. The van der Waals surface area contributed by atoms with E-state index < -0.39 is 0 Å². The van der Waals surface area contributed by atoms with E-state index in [0.29, 0.717) is 15.6 Å². The summed E-state index contributed by atoms with van der Waals surface area (Å²) in [5.41, 5.74) is 1.49. The first kappa shape index (κ1) is 15.5. The number of rotatable bonds is 4. The molecule has 0 aliphatic rings. The number of ether oxygens (including phenoxy) is 1. The first-order valence-electron chi connectivity index (χ1n) is 6.63. The number of aliphatic imine (C=N–C) groups is 1. The van der Waals surface area contributed by atoms with Crippen LogP contribution >= 0.6 is 23.2 Å². The fourth-order valence-electron chi connectivity index (χ4n) is 1.86. The second-order valence-electron chi connectivity index (χ2n) is 4.55. The Labute approximate surface area is 142 Å². The Bertz CT molecular complexity index is 845. The van der Waals surface area contributed by atoms with Gasteiger partial charge in [-0.2, -0.15) is 0 Å².